The highest BCUT2D eigenvalue weighted by Crippen LogP contribution is 2.39. The lowest BCUT2D eigenvalue weighted by molar-refractivity contribution is -0.158. The van der Waals surface area contributed by atoms with Crippen LogP contribution in [0.15, 0.2) is 12.2 Å². The SMILES string of the molecule is NC(=O)C1(C(=O)O)CCC(CN2C(=O)C=CC2=O)CC1. The Balaban J connectivity index is 1.98. The molecule has 7 heteroatoms. The maximum absolute atomic E-state index is 11.5. The van der Waals surface area contributed by atoms with Gasteiger partial charge in [-0.1, -0.05) is 0 Å². The molecule has 2 aliphatic rings. The van der Waals surface area contributed by atoms with Crippen LogP contribution in [0.2, 0.25) is 0 Å². The van der Waals surface area contributed by atoms with Gasteiger partial charge in [-0.15, -0.1) is 0 Å². The molecule has 0 saturated heterocycles. The van der Waals surface area contributed by atoms with E-state index in [-0.39, 0.29) is 37.1 Å². The number of aliphatic carboxylic acids is 1. The standard InChI is InChI=1S/C13H16N2O5/c14-11(18)13(12(19)20)5-3-8(4-6-13)7-15-9(16)1-2-10(15)17/h1-2,8H,3-7H2,(H2,14,18)(H,19,20). The van der Waals surface area contributed by atoms with Crippen LogP contribution < -0.4 is 5.73 Å². The summed E-state index contributed by atoms with van der Waals surface area (Å²) < 4.78 is 0. The molecule has 0 aromatic heterocycles. The number of nitrogens with zero attached hydrogens (tertiary/aromatic N) is 1. The summed E-state index contributed by atoms with van der Waals surface area (Å²) in [4.78, 5) is 46.7. The number of hydrogen-bond donors (Lipinski definition) is 2. The van der Waals surface area contributed by atoms with Crippen molar-refractivity contribution in [2.45, 2.75) is 25.7 Å². The predicted octanol–water partition coefficient (Wildman–Crippen LogP) is -0.342. The molecule has 7 nitrogen and oxygen atoms in total. The first kappa shape index (κ1) is 14.2. The summed E-state index contributed by atoms with van der Waals surface area (Å²) in [6.07, 6.45) is 3.63. The van der Waals surface area contributed by atoms with Crippen LogP contribution in [0.25, 0.3) is 0 Å². The third-order valence-electron chi connectivity index (χ3n) is 4.18. The Morgan fingerprint density at radius 2 is 1.75 bits per heavy atom. The summed E-state index contributed by atoms with van der Waals surface area (Å²) >= 11 is 0. The number of rotatable bonds is 4. The van der Waals surface area contributed by atoms with Gasteiger partial charge < -0.3 is 10.8 Å². The second-order valence-electron chi connectivity index (χ2n) is 5.32. The highest BCUT2D eigenvalue weighted by molar-refractivity contribution is 6.12. The maximum Gasteiger partial charge on any atom is 0.319 e. The van der Waals surface area contributed by atoms with Crippen molar-refractivity contribution in [2.75, 3.05) is 6.54 Å². The molecule has 0 atom stereocenters. The third kappa shape index (κ3) is 2.31. The van der Waals surface area contributed by atoms with Crippen LogP contribution in [0.3, 0.4) is 0 Å². The molecule has 3 amide bonds. The van der Waals surface area contributed by atoms with Crippen molar-refractivity contribution in [3.05, 3.63) is 12.2 Å². The molecule has 1 aliphatic carbocycles. The minimum Gasteiger partial charge on any atom is -0.480 e. The van der Waals surface area contributed by atoms with Gasteiger partial charge in [0, 0.05) is 18.7 Å². The van der Waals surface area contributed by atoms with Crippen molar-refractivity contribution >= 4 is 23.7 Å². The minimum atomic E-state index is -1.51. The fourth-order valence-electron chi connectivity index (χ4n) is 2.79. The summed E-state index contributed by atoms with van der Waals surface area (Å²) in [7, 11) is 0. The van der Waals surface area contributed by atoms with Gasteiger partial charge in [0.15, 0.2) is 0 Å². The van der Waals surface area contributed by atoms with Crippen molar-refractivity contribution < 1.29 is 24.3 Å². The lowest BCUT2D eigenvalue weighted by Gasteiger charge is -2.35. The average Bonchev–Trinajstić information content (AvgIpc) is 2.71. The van der Waals surface area contributed by atoms with Gasteiger partial charge in [0.25, 0.3) is 11.8 Å². The molecule has 0 unspecified atom stereocenters. The number of primary amides is 1. The summed E-state index contributed by atoms with van der Waals surface area (Å²) in [6, 6.07) is 0. The number of carboxylic acid groups (broad SMARTS) is 1. The van der Waals surface area contributed by atoms with Gasteiger partial charge in [-0.2, -0.15) is 0 Å². The van der Waals surface area contributed by atoms with Crippen LogP contribution in [0.4, 0.5) is 0 Å². The van der Waals surface area contributed by atoms with E-state index in [1.807, 2.05) is 0 Å². The van der Waals surface area contributed by atoms with Gasteiger partial charge in [0.05, 0.1) is 0 Å². The van der Waals surface area contributed by atoms with Crippen LogP contribution in [0.5, 0.6) is 0 Å². The van der Waals surface area contributed by atoms with Gasteiger partial charge >= 0.3 is 5.97 Å². The first-order chi connectivity index (χ1) is 9.36. The molecule has 0 radical (unpaired) electrons. The Kier molecular flexibility index (Phi) is 3.61. The van der Waals surface area contributed by atoms with Crippen LogP contribution >= 0.6 is 0 Å². The van der Waals surface area contributed by atoms with E-state index in [0.717, 1.165) is 4.90 Å². The Hall–Kier alpha value is -2.18. The largest absolute Gasteiger partial charge is 0.480 e. The topological polar surface area (TPSA) is 118 Å². The first-order valence-corrected chi connectivity index (χ1v) is 6.43. The van der Waals surface area contributed by atoms with E-state index in [0.29, 0.717) is 12.8 Å². The maximum atomic E-state index is 11.5. The lowest BCUT2D eigenvalue weighted by Crippen LogP contribution is -2.47. The zero-order chi connectivity index (χ0) is 14.9. The number of nitrogens with two attached hydrogens (primary N) is 1. The quantitative estimate of drug-likeness (QED) is 0.539. The number of amides is 3. The molecule has 2 rings (SSSR count). The number of imide groups is 1. The number of carbonyl (C=O) groups is 4. The highest BCUT2D eigenvalue weighted by atomic mass is 16.4. The lowest BCUT2D eigenvalue weighted by atomic mass is 9.70. The summed E-state index contributed by atoms with van der Waals surface area (Å²) in [5.41, 5.74) is 3.70. The fourth-order valence-corrected chi connectivity index (χ4v) is 2.79. The molecular formula is C13H16N2O5. The van der Waals surface area contributed by atoms with Crippen LogP contribution in [-0.2, 0) is 19.2 Å². The fraction of sp³-hybridized carbons (Fsp3) is 0.538. The third-order valence-corrected chi connectivity index (χ3v) is 4.18. The van der Waals surface area contributed by atoms with Crippen LogP contribution in [-0.4, -0.2) is 40.2 Å². The zero-order valence-electron chi connectivity index (χ0n) is 10.9. The number of carbonyl (C=O) groups excluding carboxylic acids is 3. The van der Waals surface area contributed by atoms with E-state index in [4.69, 9.17) is 5.73 Å². The van der Waals surface area contributed by atoms with E-state index >= 15 is 0 Å². The van der Waals surface area contributed by atoms with E-state index in [9.17, 15) is 24.3 Å². The van der Waals surface area contributed by atoms with Gasteiger partial charge in [-0.25, -0.2) is 0 Å². The Bertz CT molecular complexity index is 469. The monoisotopic (exact) mass is 280 g/mol. The van der Waals surface area contributed by atoms with Crippen molar-refractivity contribution in [3.63, 3.8) is 0 Å². The Labute approximate surface area is 115 Å². The molecule has 1 saturated carbocycles. The summed E-state index contributed by atoms with van der Waals surface area (Å²) in [5.74, 6) is -2.70. The molecule has 0 bridgehead atoms. The number of carboxylic acids is 1. The number of hydrogen-bond acceptors (Lipinski definition) is 4. The normalized spacial score (nSPS) is 29.8. The zero-order valence-corrected chi connectivity index (χ0v) is 10.9. The molecular weight excluding hydrogens is 264 g/mol. The highest BCUT2D eigenvalue weighted by Gasteiger charge is 2.47. The van der Waals surface area contributed by atoms with Gasteiger partial charge in [0.1, 0.15) is 5.41 Å². The van der Waals surface area contributed by atoms with Crippen molar-refractivity contribution in [1.29, 1.82) is 0 Å². The second kappa shape index (κ2) is 5.07. The average molecular weight is 280 g/mol. The van der Waals surface area contributed by atoms with E-state index in [1.165, 1.54) is 12.2 Å². The molecule has 0 aromatic rings. The molecule has 20 heavy (non-hydrogen) atoms. The van der Waals surface area contributed by atoms with Crippen LogP contribution in [0, 0.1) is 11.3 Å². The van der Waals surface area contributed by atoms with Crippen molar-refractivity contribution in [2.24, 2.45) is 17.1 Å². The van der Waals surface area contributed by atoms with E-state index in [2.05, 4.69) is 0 Å². The minimum absolute atomic E-state index is 0.00891. The molecule has 0 spiro atoms. The van der Waals surface area contributed by atoms with Crippen molar-refractivity contribution in [1.82, 2.24) is 4.90 Å². The summed E-state index contributed by atoms with van der Waals surface area (Å²) in [6.45, 7) is 0.263. The molecule has 3 N–H and O–H groups in total. The van der Waals surface area contributed by atoms with E-state index < -0.39 is 17.3 Å². The van der Waals surface area contributed by atoms with Gasteiger partial charge in [0.2, 0.25) is 5.91 Å². The van der Waals surface area contributed by atoms with E-state index in [1.54, 1.807) is 0 Å². The second-order valence-corrected chi connectivity index (χ2v) is 5.32. The molecule has 1 aliphatic heterocycles. The Morgan fingerprint density at radius 3 is 2.15 bits per heavy atom. The summed E-state index contributed by atoms with van der Waals surface area (Å²) in [5, 5.41) is 9.18. The molecule has 108 valence electrons. The van der Waals surface area contributed by atoms with Crippen LogP contribution in [0.1, 0.15) is 25.7 Å². The predicted molar refractivity (Wildman–Crippen MR) is 67.1 cm³/mol. The molecule has 0 aromatic carbocycles. The van der Waals surface area contributed by atoms with Crippen molar-refractivity contribution in [3.8, 4) is 0 Å². The van der Waals surface area contributed by atoms with Gasteiger partial charge in [-0.05, 0) is 31.6 Å². The first-order valence-electron chi connectivity index (χ1n) is 6.43. The Morgan fingerprint density at radius 1 is 1.25 bits per heavy atom. The van der Waals surface area contributed by atoms with Gasteiger partial charge in [-0.3, -0.25) is 24.1 Å². The smallest absolute Gasteiger partial charge is 0.319 e. The molecule has 1 fully saturated rings. The molecule has 1 heterocycles.